The van der Waals surface area contributed by atoms with Crippen LogP contribution < -0.4 is 21.4 Å². The highest BCUT2D eigenvalue weighted by atomic mass is 32.1. The Kier molecular flexibility index (Phi) is 7.10. The molecule has 0 N–H and O–H groups in total. The van der Waals surface area contributed by atoms with Crippen molar-refractivity contribution in [1.82, 2.24) is 0 Å². The van der Waals surface area contributed by atoms with Crippen molar-refractivity contribution in [3.63, 3.8) is 0 Å². The van der Waals surface area contributed by atoms with E-state index in [1.807, 2.05) is 24.3 Å². The van der Waals surface area contributed by atoms with Crippen molar-refractivity contribution in [3.8, 4) is 22.5 Å². The normalized spacial score (nSPS) is 12.8. The molecule has 2 atom stereocenters. The number of hydrogen-bond donors (Lipinski definition) is 0. The predicted octanol–water partition coefficient (Wildman–Crippen LogP) is 8.10. The second kappa shape index (κ2) is 11.0. The van der Waals surface area contributed by atoms with Gasteiger partial charge in [0.05, 0.1) is 12.5 Å². The molecule has 0 saturated carbocycles. The average molecular weight is 530 g/mol. The number of hydrogen-bond acceptors (Lipinski definition) is 2. The topological polar surface area (TPSA) is 26.3 Å². The molecule has 0 saturated heterocycles. The molecule has 0 spiro atoms. The second-order valence-corrected chi connectivity index (χ2v) is 14.7. The largest absolute Gasteiger partial charge is 0.464 e. The summed E-state index contributed by atoms with van der Waals surface area (Å²) in [6, 6.07) is 44.4. The van der Waals surface area contributed by atoms with Crippen molar-refractivity contribution in [3.05, 3.63) is 145 Å². The minimum absolute atomic E-state index is 0.813. The third-order valence-electron chi connectivity index (χ3n) is 6.63. The molecule has 2 nitrogen and oxygen atoms in total. The van der Waals surface area contributed by atoms with Gasteiger partial charge in [-0.2, -0.15) is 0 Å². The molecule has 38 heavy (non-hydrogen) atoms. The molecule has 185 valence electrons. The maximum atomic E-state index is 6.24. The average Bonchev–Trinajstić information content (AvgIpc) is 3.68. The summed E-state index contributed by atoms with van der Waals surface area (Å²) in [7, 11) is -1.72. The van der Waals surface area contributed by atoms with Crippen molar-refractivity contribution in [2.45, 2.75) is 13.8 Å². The lowest BCUT2D eigenvalue weighted by Crippen LogP contribution is -2.21. The Bertz CT molecular complexity index is 1620. The molecule has 0 bridgehead atoms. The second-order valence-electron chi connectivity index (χ2n) is 9.13. The monoisotopic (exact) mass is 529 g/mol. The maximum Gasteiger partial charge on any atom is 0.134 e. The van der Waals surface area contributed by atoms with E-state index in [1.165, 1.54) is 32.6 Å². The highest BCUT2D eigenvalue weighted by molar-refractivity contribution is 8.41. The van der Waals surface area contributed by atoms with Gasteiger partial charge in [0.25, 0.3) is 0 Å². The Morgan fingerprint density at radius 3 is 2.03 bits per heavy atom. The van der Waals surface area contributed by atoms with E-state index in [4.69, 9.17) is 8.83 Å². The summed E-state index contributed by atoms with van der Waals surface area (Å²) in [4.78, 5) is 0. The van der Waals surface area contributed by atoms with Crippen LogP contribution in [0.1, 0.15) is 11.1 Å². The summed E-state index contributed by atoms with van der Waals surface area (Å²) < 4.78 is 11.9. The van der Waals surface area contributed by atoms with Crippen LogP contribution in [0.4, 0.5) is 0 Å². The zero-order valence-electron chi connectivity index (χ0n) is 21.3. The molecule has 6 aromatic rings. The minimum Gasteiger partial charge on any atom is -0.464 e. The summed E-state index contributed by atoms with van der Waals surface area (Å²) in [5.41, 5.74) is 7.02. The molecule has 0 aliphatic heterocycles. The molecule has 0 fully saturated rings. The van der Waals surface area contributed by atoms with Gasteiger partial charge in [-0.1, -0.05) is 91.0 Å². The minimum atomic E-state index is -0.903. The quantitative estimate of drug-likeness (QED) is 0.195. The van der Waals surface area contributed by atoms with E-state index in [-0.39, 0.29) is 0 Å². The summed E-state index contributed by atoms with van der Waals surface area (Å²) in [5.74, 6) is 0.880. The van der Waals surface area contributed by atoms with Crippen LogP contribution in [0.15, 0.2) is 137 Å². The molecule has 0 aliphatic carbocycles. The van der Waals surface area contributed by atoms with E-state index >= 15 is 0 Å². The Balaban J connectivity index is 1.58. The molecule has 0 aliphatic rings. The van der Waals surface area contributed by atoms with Crippen LogP contribution in [0.25, 0.3) is 22.5 Å². The molecule has 1 radical (unpaired) electrons. The summed E-state index contributed by atoms with van der Waals surface area (Å²) in [6.07, 6.45) is 3.52. The number of furan rings is 2. The first-order chi connectivity index (χ1) is 18.7. The molecule has 0 amide bonds. The first-order valence-electron chi connectivity index (χ1n) is 12.6. The van der Waals surface area contributed by atoms with Gasteiger partial charge in [0.15, 0.2) is 0 Å². The van der Waals surface area contributed by atoms with Crippen LogP contribution in [-0.2, 0) is 0 Å². The van der Waals surface area contributed by atoms with Crippen LogP contribution in [0, 0.1) is 19.9 Å². The molecule has 4 heteroatoms. The van der Waals surface area contributed by atoms with Crippen molar-refractivity contribution < 1.29 is 8.83 Å². The van der Waals surface area contributed by atoms with Crippen molar-refractivity contribution in [1.29, 1.82) is 0 Å². The van der Waals surface area contributed by atoms with E-state index in [2.05, 4.69) is 111 Å². The fraction of sp³-hybridized carbons (Fsp3) is 0.0588. The van der Waals surface area contributed by atoms with Crippen molar-refractivity contribution >= 4 is 36.6 Å². The van der Waals surface area contributed by atoms with Gasteiger partial charge < -0.3 is 8.83 Å². The van der Waals surface area contributed by atoms with Gasteiger partial charge in [0, 0.05) is 13.2 Å². The van der Waals surface area contributed by atoms with E-state index < -0.39 is 15.2 Å². The third-order valence-corrected chi connectivity index (χ3v) is 13.9. The van der Waals surface area contributed by atoms with Crippen molar-refractivity contribution in [2.24, 2.45) is 0 Å². The molecular formula is C34H27O2P2. The van der Waals surface area contributed by atoms with E-state index in [0.29, 0.717) is 0 Å². The lowest BCUT2D eigenvalue weighted by molar-refractivity contribution is 0.582. The van der Waals surface area contributed by atoms with Gasteiger partial charge in [-0.15, -0.1) is 0 Å². The van der Waals surface area contributed by atoms with Crippen LogP contribution in [0.3, 0.4) is 0 Å². The van der Waals surface area contributed by atoms with E-state index in [9.17, 15) is 0 Å². The van der Waals surface area contributed by atoms with Gasteiger partial charge in [-0.25, -0.2) is 0 Å². The van der Waals surface area contributed by atoms with E-state index in [1.54, 1.807) is 12.5 Å². The summed E-state index contributed by atoms with van der Waals surface area (Å²) in [6.45, 7) is 4.38. The number of aryl methyl sites for hydroxylation is 2. The Labute approximate surface area is 226 Å². The summed E-state index contributed by atoms with van der Waals surface area (Å²) in [5, 5.41) is 3.97. The highest BCUT2D eigenvalue weighted by Gasteiger charge is 2.32. The van der Waals surface area contributed by atoms with Crippen molar-refractivity contribution in [2.75, 3.05) is 0 Å². The van der Waals surface area contributed by atoms with E-state index in [0.717, 1.165) is 22.4 Å². The van der Waals surface area contributed by atoms with Gasteiger partial charge in [-0.05, 0) is 90.0 Å². The Morgan fingerprint density at radius 2 is 1.32 bits per heavy atom. The van der Waals surface area contributed by atoms with Gasteiger partial charge >= 0.3 is 0 Å². The smallest absolute Gasteiger partial charge is 0.134 e. The third kappa shape index (κ3) is 4.79. The lowest BCUT2D eigenvalue weighted by Gasteiger charge is -2.30. The first-order valence-corrected chi connectivity index (χ1v) is 16.0. The van der Waals surface area contributed by atoms with Crippen LogP contribution in [-0.4, -0.2) is 0 Å². The number of rotatable bonds is 7. The fourth-order valence-corrected chi connectivity index (χ4v) is 12.5. The number of benzene rings is 4. The zero-order chi connectivity index (χ0) is 25.9. The van der Waals surface area contributed by atoms with Crippen LogP contribution in [0.2, 0.25) is 0 Å². The van der Waals surface area contributed by atoms with Crippen LogP contribution >= 0.6 is 15.2 Å². The standard InChI is InChI=1S/C34H27O2P2/c1-25-11-6-7-15-30(25)34-26(2)12-8-17-32(34)38(33-18-10-24-36-33)37(28-13-4-3-5-14-28)29-21-19-27(20-22-29)31-16-9-23-35-31/h3-14,16-24H,1-2H3/t37?,38-/m1/s1. The Hall–Kier alpha value is -3.70. The molecular weight excluding hydrogens is 502 g/mol. The van der Waals surface area contributed by atoms with Gasteiger partial charge in [-0.3, -0.25) is 0 Å². The van der Waals surface area contributed by atoms with Gasteiger partial charge in [0.1, 0.15) is 11.3 Å². The Morgan fingerprint density at radius 1 is 0.579 bits per heavy atom. The molecule has 1 unspecified atom stereocenters. The highest BCUT2D eigenvalue weighted by Crippen LogP contribution is 2.66. The maximum absolute atomic E-state index is 6.24. The van der Waals surface area contributed by atoms with Crippen LogP contribution in [0.5, 0.6) is 0 Å². The molecule has 6 rings (SSSR count). The molecule has 2 aromatic heterocycles. The molecule has 4 aromatic carbocycles. The predicted molar refractivity (Wildman–Crippen MR) is 162 cm³/mol. The summed E-state index contributed by atoms with van der Waals surface area (Å²) >= 11 is 0. The first kappa shape index (κ1) is 24.6. The lowest BCUT2D eigenvalue weighted by atomic mass is 9.97. The SMILES string of the molecule is Cc1ccc[c]c1-c1c(C)cccc1[P@](c1ccco1)P(c1ccccc1)c1ccc(-c2ccco2)cc1. The fourth-order valence-electron chi connectivity index (χ4n) is 4.82. The molecule has 2 heterocycles. The zero-order valence-corrected chi connectivity index (χ0v) is 23.1. The van der Waals surface area contributed by atoms with Gasteiger partial charge in [0.2, 0.25) is 0 Å².